The summed E-state index contributed by atoms with van der Waals surface area (Å²) in [5.74, 6) is -0.188. The van der Waals surface area contributed by atoms with Gasteiger partial charge in [-0.15, -0.1) is 0 Å². The Kier molecular flexibility index (Phi) is 7.13. The van der Waals surface area contributed by atoms with Crippen LogP contribution in [-0.2, 0) is 0 Å². The molecule has 2 aromatic carbocycles. The maximum Gasteiger partial charge on any atom is 0.269 e. The number of halogens is 2. The normalized spacial score (nSPS) is 10.0. The van der Waals surface area contributed by atoms with Crippen molar-refractivity contribution >= 4 is 61.0 Å². The minimum atomic E-state index is -0.418. The number of rotatable bonds is 3. The molecule has 136 valence electrons. The van der Waals surface area contributed by atoms with Gasteiger partial charge in [0.25, 0.3) is 11.8 Å². The van der Waals surface area contributed by atoms with Gasteiger partial charge >= 0.3 is 0 Å². The third-order valence-electron chi connectivity index (χ3n) is 3.36. The standard InChI is InChI=1S/C17H15Br2N3O3S/c1-9-3-4-11(7-12(9)18)16(24)21-22-17(26)20-15(23)10-5-6-14(25-2)13(19)8-10/h3-8H,1-2H3,(H,21,24)(H2,20,22,23,26). The summed E-state index contributed by atoms with van der Waals surface area (Å²) in [6.07, 6.45) is 0. The summed E-state index contributed by atoms with van der Waals surface area (Å²) >= 11 is 11.7. The summed E-state index contributed by atoms with van der Waals surface area (Å²) in [5.41, 5.74) is 6.79. The van der Waals surface area contributed by atoms with Gasteiger partial charge in [-0.1, -0.05) is 22.0 Å². The molecule has 0 bridgehead atoms. The van der Waals surface area contributed by atoms with E-state index in [1.807, 2.05) is 13.0 Å². The fourth-order valence-corrected chi connectivity index (χ4v) is 3.00. The molecule has 0 unspecified atom stereocenters. The number of carbonyl (C=O) groups is 2. The molecular weight excluding hydrogens is 486 g/mol. The van der Waals surface area contributed by atoms with Crippen molar-refractivity contribution in [2.45, 2.75) is 6.92 Å². The van der Waals surface area contributed by atoms with Crippen LogP contribution in [0, 0.1) is 6.92 Å². The second kappa shape index (κ2) is 9.11. The highest BCUT2D eigenvalue weighted by atomic mass is 79.9. The van der Waals surface area contributed by atoms with Gasteiger partial charge < -0.3 is 4.74 Å². The molecule has 0 atom stereocenters. The van der Waals surface area contributed by atoms with Gasteiger partial charge in [0.05, 0.1) is 11.6 Å². The van der Waals surface area contributed by atoms with E-state index in [2.05, 4.69) is 48.0 Å². The Bertz CT molecular complexity index is 874. The zero-order chi connectivity index (χ0) is 19.3. The molecule has 0 radical (unpaired) electrons. The number of benzene rings is 2. The number of hydrogen-bond donors (Lipinski definition) is 3. The number of methoxy groups -OCH3 is 1. The molecule has 3 N–H and O–H groups in total. The summed E-state index contributed by atoms with van der Waals surface area (Å²) < 4.78 is 6.58. The molecule has 0 saturated carbocycles. The average molecular weight is 501 g/mol. The number of ether oxygens (including phenoxy) is 1. The Morgan fingerprint density at radius 3 is 2.19 bits per heavy atom. The molecule has 2 rings (SSSR count). The van der Waals surface area contributed by atoms with Gasteiger partial charge in [-0.3, -0.25) is 25.8 Å². The van der Waals surface area contributed by atoms with Gasteiger partial charge in [0.1, 0.15) is 5.75 Å². The predicted molar refractivity (Wildman–Crippen MR) is 110 cm³/mol. The van der Waals surface area contributed by atoms with Gasteiger partial charge in [0.2, 0.25) is 0 Å². The molecule has 9 heteroatoms. The van der Waals surface area contributed by atoms with Crippen LogP contribution in [-0.4, -0.2) is 24.0 Å². The maximum absolute atomic E-state index is 12.2. The Morgan fingerprint density at radius 1 is 0.962 bits per heavy atom. The topological polar surface area (TPSA) is 79.5 Å². The van der Waals surface area contributed by atoms with E-state index in [0.717, 1.165) is 10.0 Å². The highest BCUT2D eigenvalue weighted by Crippen LogP contribution is 2.25. The molecule has 0 aliphatic heterocycles. The van der Waals surface area contributed by atoms with Gasteiger partial charge in [0, 0.05) is 15.6 Å². The molecule has 0 heterocycles. The largest absolute Gasteiger partial charge is 0.496 e. The average Bonchev–Trinajstić information content (AvgIpc) is 2.61. The molecule has 0 aromatic heterocycles. The lowest BCUT2D eigenvalue weighted by Crippen LogP contribution is -2.48. The lowest BCUT2D eigenvalue weighted by molar-refractivity contribution is 0.0934. The predicted octanol–water partition coefficient (Wildman–Crippen LogP) is 3.48. The number of hydrogen-bond acceptors (Lipinski definition) is 4. The number of nitrogens with one attached hydrogen (secondary N) is 3. The van der Waals surface area contributed by atoms with Crippen LogP contribution in [0.1, 0.15) is 26.3 Å². The van der Waals surface area contributed by atoms with Crippen molar-refractivity contribution in [3.63, 3.8) is 0 Å². The molecule has 6 nitrogen and oxygen atoms in total. The van der Waals surface area contributed by atoms with Crippen molar-refractivity contribution in [3.05, 3.63) is 62.0 Å². The molecule has 0 spiro atoms. The Labute approximate surface area is 172 Å². The van der Waals surface area contributed by atoms with Crippen molar-refractivity contribution in [1.29, 1.82) is 0 Å². The molecule has 2 amide bonds. The molecule has 0 aliphatic carbocycles. The van der Waals surface area contributed by atoms with Crippen molar-refractivity contribution in [2.75, 3.05) is 7.11 Å². The van der Waals surface area contributed by atoms with Crippen LogP contribution in [0.15, 0.2) is 45.3 Å². The van der Waals surface area contributed by atoms with Crippen LogP contribution >= 0.6 is 44.1 Å². The van der Waals surface area contributed by atoms with E-state index in [0.29, 0.717) is 21.3 Å². The van der Waals surface area contributed by atoms with Gasteiger partial charge in [-0.25, -0.2) is 0 Å². The van der Waals surface area contributed by atoms with E-state index in [9.17, 15) is 9.59 Å². The molecule has 0 aliphatic rings. The summed E-state index contributed by atoms with van der Waals surface area (Å²) in [6, 6.07) is 10.1. The monoisotopic (exact) mass is 499 g/mol. The van der Waals surface area contributed by atoms with Crippen LogP contribution in [0.25, 0.3) is 0 Å². The fraction of sp³-hybridized carbons (Fsp3) is 0.118. The van der Waals surface area contributed by atoms with Crippen molar-refractivity contribution in [2.24, 2.45) is 0 Å². The Hall–Kier alpha value is -1.97. The Balaban J connectivity index is 1.91. The summed E-state index contributed by atoms with van der Waals surface area (Å²) in [6.45, 7) is 1.92. The minimum absolute atomic E-state index is 0.0264. The zero-order valence-corrected chi connectivity index (χ0v) is 17.8. The van der Waals surface area contributed by atoms with E-state index in [1.54, 1.807) is 30.3 Å². The minimum Gasteiger partial charge on any atom is -0.496 e. The first kappa shape index (κ1) is 20.3. The Morgan fingerprint density at radius 2 is 1.58 bits per heavy atom. The maximum atomic E-state index is 12.2. The third-order valence-corrected chi connectivity index (χ3v) is 5.04. The summed E-state index contributed by atoms with van der Waals surface area (Å²) in [7, 11) is 1.54. The van der Waals surface area contributed by atoms with Gasteiger partial charge in [0.15, 0.2) is 5.11 Å². The first-order valence-corrected chi connectivity index (χ1v) is 9.32. The smallest absolute Gasteiger partial charge is 0.269 e. The second-order valence-corrected chi connectivity index (χ2v) is 7.29. The van der Waals surface area contributed by atoms with E-state index in [-0.39, 0.29) is 11.0 Å². The van der Waals surface area contributed by atoms with Crippen molar-refractivity contribution < 1.29 is 14.3 Å². The SMILES string of the molecule is COc1ccc(C(=O)NC(=S)NNC(=O)c2ccc(C)c(Br)c2)cc1Br. The molecule has 0 saturated heterocycles. The van der Waals surface area contributed by atoms with Gasteiger partial charge in [-0.2, -0.15) is 0 Å². The lowest BCUT2D eigenvalue weighted by atomic mass is 10.1. The summed E-state index contributed by atoms with van der Waals surface area (Å²) in [5, 5.41) is 2.46. The number of amides is 2. The third kappa shape index (κ3) is 5.26. The number of hydrazine groups is 1. The van der Waals surface area contributed by atoms with Crippen molar-refractivity contribution in [3.8, 4) is 5.75 Å². The van der Waals surface area contributed by atoms with Gasteiger partial charge in [-0.05, 0) is 71.0 Å². The second-order valence-electron chi connectivity index (χ2n) is 5.18. The van der Waals surface area contributed by atoms with Crippen LogP contribution in [0.3, 0.4) is 0 Å². The van der Waals surface area contributed by atoms with Crippen LogP contribution in [0.5, 0.6) is 5.75 Å². The van der Waals surface area contributed by atoms with E-state index in [1.165, 1.54) is 7.11 Å². The zero-order valence-electron chi connectivity index (χ0n) is 13.9. The van der Waals surface area contributed by atoms with Crippen LogP contribution in [0.2, 0.25) is 0 Å². The first-order chi connectivity index (χ1) is 12.3. The van der Waals surface area contributed by atoms with Crippen molar-refractivity contribution in [1.82, 2.24) is 16.2 Å². The number of aryl methyl sites for hydroxylation is 1. The summed E-state index contributed by atoms with van der Waals surface area (Å²) in [4.78, 5) is 24.3. The lowest BCUT2D eigenvalue weighted by Gasteiger charge is -2.12. The molecular formula is C17H15Br2N3O3S. The number of carbonyl (C=O) groups excluding carboxylic acids is 2. The van der Waals surface area contributed by atoms with Crippen LogP contribution in [0.4, 0.5) is 0 Å². The molecule has 0 fully saturated rings. The van der Waals surface area contributed by atoms with E-state index < -0.39 is 5.91 Å². The van der Waals surface area contributed by atoms with E-state index in [4.69, 9.17) is 17.0 Å². The highest BCUT2D eigenvalue weighted by molar-refractivity contribution is 9.10. The van der Waals surface area contributed by atoms with Crippen LogP contribution < -0.4 is 20.9 Å². The fourth-order valence-electron chi connectivity index (χ4n) is 1.93. The van der Waals surface area contributed by atoms with E-state index >= 15 is 0 Å². The first-order valence-electron chi connectivity index (χ1n) is 7.33. The quantitative estimate of drug-likeness (QED) is 0.444. The highest BCUT2D eigenvalue weighted by Gasteiger charge is 2.12. The number of thiocarbonyl (C=S) groups is 1. The molecule has 2 aromatic rings. The molecule has 26 heavy (non-hydrogen) atoms.